The Morgan fingerprint density at radius 1 is 1.25 bits per heavy atom. The molecule has 108 valence electrons. The van der Waals surface area contributed by atoms with Crippen LogP contribution in [0.15, 0.2) is 29.2 Å². The highest BCUT2D eigenvalue weighted by Gasteiger charge is 2.24. The van der Waals surface area contributed by atoms with Gasteiger partial charge in [-0.05, 0) is 26.0 Å². The van der Waals surface area contributed by atoms with Crippen LogP contribution in [0.25, 0.3) is 5.65 Å². The summed E-state index contributed by atoms with van der Waals surface area (Å²) in [6.45, 7) is 7.93. The molecular weight excluding hydrogens is 254 g/mol. The van der Waals surface area contributed by atoms with E-state index < -0.39 is 0 Å². The Morgan fingerprint density at radius 3 is 2.70 bits per heavy atom. The zero-order valence-corrected chi connectivity index (χ0v) is 12.0. The van der Waals surface area contributed by atoms with E-state index in [-0.39, 0.29) is 5.69 Å². The van der Waals surface area contributed by atoms with Gasteiger partial charge in [-0.3, -0.25) is 9.30 Å². The third-order valence-corrected chi connectivity index (χ3v) is 4.07. The van der Waals surface area contributed by atoms with Crippen molar-refractivity contribution in [3.05, 3.63) is 34.9 Å². The number of nitrogens with one attached hydrogen (secondary N) is 1. The number of aromatic nitrogens is 3. The van der Waals surface area contributed by atoms with Crippen LogP contribution >= 0.6 is 0 Å². The summed E-state index contributed by atoms with van der Waals surface area (Å²) in [7, 11) is 0. The van der Waals surface area contributed by atoms with Crippen LogP contribution in [-0.4, -0.2) is 50.8 Å². The van der Waals surface area contributed by atoms with Crippen molar-refractivity contribution in [2.24, 2.45) is 0 Å². The van der Waals surface area contributed by atoms with Crippen LogP contribution in [0, 0.1) is 0 Å². The Kier molecular flexibility index (Phi) is 3.58. The van der Waals surface area contributed by atoms with Crippen molar-refractivity contribution in [2.75, 3.05) is 19.6 Å². The van der Waals surface area contributed by atoms with Gasteiger partial charge in [0.05, 0.1) is 6.54 Å². The van der Waals surface area contributed by atoms with Crippen LogP contribution in [0.1, 0.15) is 13.8 Å². The van der Waals surface area contributed by atoms with Crippen molar-refractivity contribution >= 4 is 5.65 Å². The van der Waals surface area contributed by atoms with Gasteiger partial charge in [-0.15, -0.1) is 5.10 Å². The van der Waals surface area contributed by atoms with Crippen LogP contribution < -0.4 is 11.0 Å². The van der Waals surface area contributed by atoms with E-state index in [0.29, 0.717) is 24.3 Å². The molecule has 6 heteroatoms. The Morgan fingerprint density at radius 2 is 2.00 bits per heavy atom. The van der Waals surface area contributed by atoms with Crippen LogP contribution in [0.4, 0.5) is 0 Å². The van der Waals surface area contributed by atoms with Crippen molar-refractivity contribution in [3.8, 4) is 0 Å². The van der Waals surface area contributed by atoms with Gasteiger partial charge in [-0.1, -0.05) is 6.07 Å². The number of rotatable bonds is 3. The Labute approximate surface area is 118 Å². The zero-order valence-electron chi connectivity index (χ0n) is 12.0. The monoisotopic (exact) mass is 275 g/mol. The first-order valence-corrected chi connectivity index (χ1v) is 7.17. The summed E-state index contributed by atoms with van der Waals surface area (Å²) < 4.78 is 3.15. The molecule has 3 rings (SSSR count). The average Bonchev–Trinajstić information content (AvgIpc) is 2.76. The lowest BCUT2D eigenvalue weighted by atomic mass is 10.1. The van der Waals surface area contributed by atoms with E-state index in [0.717, 1.165) is 19.6 Å². The maximum absolute atomic E-state index is 12.2. The van der Waals surface area contributed by atoms with Gasteiger partial charge in [0.15, 0.2) is 5.65 Å². The highest BCUT2D eigenvalue weighted by Crippen LogP contribution is 2.09. The standard InChI is InChI=1S/C14H21N5O/c1-11-9-15-10-12(2)17(11)7-8-19-14(20)18-6-4-3-5-13(18)16-19/h3-6,11-12,15H,7-10H2,1-2H3. The third kappa shape index (κ3) is 2.36. The molecule has 1 aliphatic rings. The highest BCUT2D eigenvalue weighted by atomic mass is 16.2. The summed E-state index contributed by atoms with van der Waals surface area (Å²) in [6.07, 6.45) is 1.76. The molecule has 0 radical (unpaired) electrons. The minimum Gasteiger partial charge on any atom is -0.314 e. The van der Waals surface area contributed by atoms with Crippen molar-refractivity contribution < 1.29 is 0 Å². The minimum absolute atomic E-state index is 0.0592. The molecule has 1 saturated heterocycles. The summed E-state index contributed by atoms with van der Waals surface area (Å²) in [5, 5.41) is 7.79. The number of fused-ring (bicyclic) bond motifs is 1. The van der Waals surface area contributed by atoms with Crippen LogP contribution in [0.2, 0.25) is 0 Å². The third-order valence-electron chi connectivity index (χ3n) is 4.07. The van der Waals surface area contributed by atoms with Gasteiger partial charge in [-0.2, -0.15) is 0 Å². The van der Waals surface area contributed by atoms with Gasteiger partial charge < -0.3 is 5.32 Å². The van der Waals surface area contributed by atoms with Gasteiger partial charge >= 0.3 is 5.69 Å². The van der Waals surface area contributed by atoms with Gasteiger partial charge in [0.25, 0.3) is 0 Å². The van der Waals surface area contributed by atoms with E-state index in [1.807, 2.05) is 18.2 Å². The molecule has 0 bridgehead atoms. The molecule has 2 aromatic heterocycles. The molecule has 1 N–H and O–H groups in total. The number of nitrogens with zero attached hydrogens (tertiary/aromatic N) is 4. The average molecular weight is 275 g/mol. The van der Waals surface area contributed by atoms with Gasteiger partial charge in [0, 0.05) is 37.9 Å². The Balaban J connectivity index is 1.76. The van der Waals surface area contributed by atoms with Crippen LogP contribution in [-0.2, 0) is 6.54 Å². The molecule has 2 atom stereocenters. The van der Waals surface area contributed by atoms with E-state index >= 15 is 0 Å². The fourth-order valence-electron chi connectivity index (χ4n) is 2.93. The largest absolute Gasteiger partial charge is 0.350 e. The summed E-state index contributed by atoms with van der Waals surface area (Å²) in [5.74, 6) is 0. The Hall–Kier alpha value is -1.66. The number of piperazine rings is 1. The number of hydrogen-bond donors (Lipinski definition) is 1. The second kappa shape index (κ2) is 5.38. The Bertz CT molecular complexity index is 636. The van der Waals surface area contributed by atoms with E-state index in [2.05, 4.69) is 29.2 Å². The molecule has 0 spiro atoms. The first-order valence-electron chi connectivity index (χ1n) is 7.17. The van der Waals surface area contributed by atoms with E-state index in [1.54, 1.807) is 15.3 Å². The molecule has 0 aromatic carbocycles. The first kappa shape index (κ1) is 13.3. The molecule has 1 fully saturated rings. The molecule has 0 saturated carbocycles. The molecule has 3 heterocycles. The molecule has 1 aliphatic heterocycles. The lowest BCUT2D eigenvalue weighted by Gasteiger charge is -2.39. The molecule has 2 unspecified atom stereocenters. The second-order valence-corrected chi connectivity index (χ2v) is 5.53. The van der Waals surface area contributed by atoms with E-state index in [1.165, 1.54) is 0 Å². The van der Waals surface area contributed by atoms with E-state index in [9.17, 15) is 4.79 Å². The van der Waals surface area contributed by atoms with Crippen molar-refractivity contribution in [2.45, 2.75) is 32.5 Å². The predicted molar refractivity (Wildman–Crippen MR) is 78.0 cm³/mol. The van der Waals surface area contributed by atoms with Crippen LogP contribution in [0.3, 0.4) is 0 Å². The summed E-state index contributed by atoms with van der Waals surface area (Å²) >= 11 is 0. The van der Waals surface area contributed by atoms with Gasteiger partial charge in [-0.25, -0.2) is 9.48 Å². The molecule has 20 heavy (non-hydrogen) atoms. The molecule has 6 nitrogen and oxygen atoms in total. The normalized spacial score (nSPS) is 24.3. The van der Waals surface area contributed by atoms with Crippen LogP contribution in [0.5, 0.6) is 0 Å². The van der Waals surface area contributed by atoms with Crippen molar-refractivity contribution in [1.82, 2.24) is 24.4 Å². The summed E-state index contributed by atoms with van der Waals surface area (Å²) in [6, 6.07) is 6.58. The topological polar surface area (TPSA) is 54.6 Å². The lowest BCUT2D eigenvalue weighted by molar-refractivity contribution is 0.110. The quantitative estimate of drug-likeness (QED) is 0.868. The fourth-order valence-corrected chi connectivity index (χ4v) is 2.93. The lowest BCUT2D eigenvalue weighted by Crippen LogP contribution is -2.55. The molecule has 0 aliphatic carbocycles. The SMILES string of the molecule is CC1CNCC(C)N1CCn1nc2ccccn2c1=O. The fraction of sp³-hybridized carbons (Fsp3) is 0.571. The number of pyridine rings is 1. The minimum atomic E-state index is -0.0592. The number of hydrogen-bond acceptors (Lipinski definition) is 4. The second-order valence-electron chi connectivity index (χ2n) is 5.53. The maximum Gasteiger partial charge on any atom is 0.350 e. The van der Waals surface area contributed by atoms with Crippen molar-refractivity contribution in [1.29, 1.82) is 0 Å². The van der Waals surface area contributed by atoms with Gasteiger partial charge in [0.1, 0.15) is 0 Å². The summed E-state index contributed by atoms with van der Waals surface area (Å²) in [5.41, 5.74) is 0.648. The summed E-state index contributed by atoms with van der Waals surface area (Å²) in [4.78, 5) is 14.6. The van der Waals surface area contributed by atoms with Crippen molar-refractivity contribution in [3.63, 3.8) is 0 Å². The predicted octanol–water partition coefficient (Wildman–Crippen LogP) is 0.178. The molecule has 2 aromatic rings. The first-order chi connectivity index (χ1) is 9.66. The zero-order chi connectivity index (χ0) is 14.1. The van der Waals surface area contributed by atoms with Gasteiger partial charge in [0.2, 0.25) is 0 Å². The maximum atomic E-state index is 12.2. The molecular formula is C14H21N5O. The smallest absolute Gasteiger partial charge is 0.314 e. The molecule has 0 amide bonds. The van der Waals surface area contributed by atoms with E-state index in [4.69, 9.17) is 0 Å². The highest BCUT2D eigenvalue weighted by molar-refractivity contribution is 5.35.